The minimum absolute atomic E-state index is 0.135. The molecule has 5 nitrogen and oxygen atoms in total. The highest BCUT2D eigenvalue weighted by molar-refractivity contribution is 7.84. The molecule has 0 amide bonds. The smallest absolute Gasteiger partial charge is 0.382 e. The molecular weight excluding hydrogens is 340 g/mol. The van der Waals surface area contributed by atoms with Crippen molar-refractivity contribution >= 4 is 10.8 Å². The zero-order valence-electron chi connectivity index (χ0n) is 16.0. The molecule has 0 aliphatic carbocycles. The normalized spacial score (nSPS) is 12.2. The topological polar surface area (TPSA) is 65.7 Å². The number of ether oxygens (including phenoxy) is 2. The highest BCUT2D eigenvalue weighted by Gasteiger charge is 2.17. The minimum atomic E-state index is -0.652. The summed E-state index contributed by atoms with van der Waals surface area (Å²) < 4.78 is 26.7. The van der Waals surface area contributed by atoms with Gasteiger partial charge in [-0.1, -0.05) is 38.5 Å². The van der Waals surface area contributed by atoms with Gasteiger partial charge in [0.2, 0.25) is 5.75 Å². The maximum atomic E-state index is 11.9. The molecule has 0 saturated carbocycles. The SMILES string of the molecule is COc1c(C)c(CCCCCCCCCC[S@](C)=O)oc(=O)c1OC. The molecule has 1 rings (SSSR count). The average molecular weight is 373 g/mol. The van der Waals surface area contributed by atoms with E-state index in [-0.39, 0.29) is 5.75 Å². The first-order valence-electron chi connectivity index (χ1n) is 9.05. The zero-order chi connectivity index (χ0) is 18.7. The van der Waals surface area contributed by atoms with E-state index in [0.29, 0.717) is 11.5 Å². The van der Waals surface area contributed by atoms with Gasteiger partial charge in [-0.15, -0.1) is 0 Å². The first-order chi connectivity index (χ1) is 12.0. The van der Waals surface area contributed by atoms with E-state index < -0.39 is 16.4 Å². The summed E-state index contributed by atoms with van der Waals surface area (Å²) in [6.07, 6.45) is 11.7. The summed E-state index contributed by atoms with van der Waals surface area (Å²) in [5.74, 6) is 2.13. The number of hydrogen-bond donors (Lipinski definition) is 0. The Morgan fingerprint density at radius 2 is 1.40 bits per heavy atom. The third-order valence-electron chi connectivity index (χ3n) is 4.36. The first kappa shape index (κ1) is 21.7. The maximum Gasteiger partial charge on any atom is 0.382 e. The second-order valence-electron chi connectivity index (χ2n) is 6.36. The fourth-order valence-electron chi connectivity index (χ4n) is 2.94. The molecule has 1 aromatic heterocycles. The first-order valence-corrected chi connectivity index (χ1v) is 10.8. The van der Waals surface area contributed by atoms with E-state index >= 15 is 0 Å². The van der Waals surface area contributed by atoms with Crippen LogP contribution in [0.15, 0.2) is 9.21 Å². The summed E-state index contributed by atoms with van der Waals surface area (Å²) in [4.78, 5) is 11.9. The summed E-state index contributed by atoms with van der Waals surface area (Å²) in [6.45, 7) is 1.89. The standard InChI is InChI=1S/C19H32O5S/c1-15-16(24-19(20)18(23-3)17(15)22-2)13-11-9-7-5-6-8-10-12-14-25(4)21/h5-14H2,1-4H3/t25-/m0/s1. The number of rotatable bonds is 13. The van der Waals surface area contributed by atoms with Crippen LogP contribution in [0.25, 0.3) is 0 Å². The van der Waals surface area contributed by atoms with Crippen LogP contribution in [-0.4, -0.2) is 30.4 Å². The molecule has 0 aliphatic rings. The third-order valence-corrected chi connectivity index (χ3v) is 5.22. The molecule has 1 aromatic rings. The van der Waals surface area contributed by atoms with Gasteiger partial charge >= 0.3 is 5.63 Å². The number of aryl methyl sites for hydroxylation is 1. The van der Waals surface area contributed by atoms with Crippen LogP contribution >= 0.6 is 0 Å². The molecule has 1 atom stereocenters. The lowest BCUT2D eigenvalue weighted by Gasteiger charge is -2.12. The summed E-state index contributed by atoms with van der Waals surface area (Å²) in [7, 11) is 2.32. The Hall–Kier alpha value is -1.30. The van der Waals surface area contributed by atoms with E-state index in [1.807, 2.05) is 6.92 Å². The number of methoxy groups -OCH3 is 2. The Bertz CT molecular complexity index is 594. The van der Waals surface area contributed by atoms with Crippen molar-refractivity contribution in [1.82, 2.24) is 0 Å². The highest BCUT2D eigenvalue weighted by atomic mass is 32.2. The van der Waals surface area contributed by atoms with E-state index in [1.54, 1.807) is 6.26 Å². The molecule has 0 aromatic carbocycles. The van der Waals surface area contributed by atoms with Crippen molar-refractivity contribution in [3.63, 3.8) is 0 Å². The fraction of sp³-hybridized carbons (Fsp3) is 0.737. The van der Waals surface area contributed by atoms with Crippen molar-refractivity contribution in [3.8, 4) is 11.5 Å². The van der Waals surface area contributed by atoms with Crippen LogP contribution in [0.5, 0.6) is 11.5 Å². The second kappa shape index (κ2) is 12.1. The molecule has 25 heavy (non-hydrogen) atoms. The summed E-state index contributed by atoms with van der Waals surface area (Å²) >= 11 is 0. The van der Waals surface area contributed by atoms with Gasteiger partial charge in [-0.05, 0) is 19.8 Å². The summed E-state index contributed by atoms with van der Waals surface area (Å²) in [6, 6.07) is 0. The van der Waals surface area contributed by atoms with Gasteiger partial charge in [-0.2, -0.15) is 0 Å². The summed E-state index contributed by atoms with van der Waals surface area (Å²) in [5.41, 5.74) is 0.361. The van der Waals surface area contributed by atoms with Crippen LogP contribution in [0.4, 0.5) is 0 Å². The van der Waals surface area contributed by atoms with Crippen molar-refractivity contribution in [3.05, 3.63) is 21.7 Å². The minimum Gasteiger partial charge on any atom is -0.492 e. The molecule has 0 fully saturated rings. The van der Waals surface area contributed by atoms with Crippen LogP contribution in [0, 0.1) is 6.92 Å². The molecule has 0 N–H and O–H groups in total. The van der Waals surface area contributed by atoms with Crippen molar-refractivity contribution in [2.24, 2.45) is 0 Å². The van der Waals surface area contributed by atoms with E-state index in [1.165, 1.54) is 46.3 Å². The second-order valence-corrected chi connectivity index (χ2v) is 7.91. The van der Waals surface area contributed by atoms with Crippen molar-refractivity contribution in [1.29, 1.82) is 0 Å². The Labute approximate surface area is 153 Å². The van der Waals surface area contributed by atoms with Crippen LogP contribution < -0.4 is 15.1 Å². The van der Waals surface area contributed by atoms with Gasteiger partial charge in [-0.3, -0.25) is 4.21 Å². The van der Waals surface area contributed by atoms with Crippen molar-refractivity contribution < 1.29 is 18.1 Å². The molecule has 0 bridgehead atoms. The Kier molecular flexibility index (Phi) is 10.5. The zero-order valence-corrected chi connectivity index (χ0v) is 16.8. The lowest BCUT2D eigenvalue weighted by Crippen LogP contribution is -2.10. The molecule has 0 unspecified atom stereocenters. The van der Waals surface area contributed by atoms with Crippen LogP contribution in [0.1, 0.15) is 62.7 Å². The third kappa shape index (κ3) is 7.63. The molecule has 0 saturated heterocycles. The Balaban J connectivity index is 2.27. The van der Waals surface area contributed by atoms with Gasteiger partial charge in [-0.25, -0.2) is 4.79 Å². The average Bonchev–Trinajstić information content (AvgIpc) is 2.58. The molecule has 144 valence electrons. The van der Waals surface area contributed by atoms with Crippen LogP contribution in [0.3, 0.4) is 0 Å². The van der Waals surface area contributed by atoms with E-state index in [0.717, 1.165) is 37.0 Å². The quantitative estimate of drug-likeness (QED) is 0.490. The maximum absolute atomic E-state index is 11.9. The molecular formula is C19H32O5S. The van der Waals surface area contributed by atoms with Crippen molar-refractivity contribution in [2.75, 3.05) is 26.2 Å². The van der Waals surface area contributed by atoms with Crippen LogP contribution in [-0.2, 0) is 17.2 Å². The lowest BCUT2D eigenvalue weighted by molar-refractivity contribution is 0.316. The van der Waals surface area contributed by atoms with Crippen molar-refractivity contribution in [2.45, 2.75) is 64.7 Å². The Morgan fingerprint density at radius 3 is 1.92 bits per heavy atom. The highest BCUT2D eigenvalue weighted by Crippen LogP contribution is 2.30. The van der Waals surface area contributed by atoms with E-state index in [4.69, 9.17) is 13.9 Å². The Morgan fingerprint density at radius 1 is 0.880 bits per heavy atom. The van der Waals surface area contributed by atoms with Crippen LogP contribution in [0.2, 0.25) is 0 Å². The molecule has 0 spiro atoms. The molecule has 0 aliphatic heterocycles. The monoisotopic (exact) mass is 372 g/mol. The van der Waals surface area contributed by atoms with Gasteiger partial charge in [0.1, 0.15) is 5.76 Å². The van der Waals surface area contributed by atoms with Gasteiger partial charge in [0.05, 0.1) is 14.2 Å². The van der Waals surface area contributed by atoms with Gasteiger partial charge in [0, 0.05) is 34.8 Å². The van der Waals surface area contributed by atoms with E-state index in [9.17, 15) is 9.00 Å². The van der Waals surface area contributed by atoms with Gasteiger partial charge < -0.3 is 13.9 Å². The number of unbranched alkanes of at least 4 members (excludes halogenated alkanes) is 7. The van der Waals surface area contributed by atoms with E-state index in [2.05, 4.69) is 0 Å². The number of hydrogen-bond acceptors (Lipinski definition) is 5. The molecule has 6 heteroatoms. The van der Waals surface area contributed by atoms with Gasteiger partial charge in [0.15, 0.2) is 5.75 Å². The summed E-state index contributed by atoms with van der Waals surface area (Å²) in [5, 5.41) is 0. The lowest BCUT2D eigenvalue weighted by atomic mass is 10.0. The predicted octanol–water partition coefficient (Wildman–Crippen LogP) is 4.01. The largest absolute Gasteiger partial charge is 0.492 e. The predicted molar refractivity (Wildman–Crippen MR) is 102 cm³/mol. The fourth-order valence-corrected chi connectivity index (χ4v) is 3.55. The van der Waals surface area contributed by atoms with Gasteiger partial charge in [0.25, 0.3) is 0 Å². The molecule has 0 radical (unpaired) electrons. The molecule has 1 heterocycles.